The van der Waals surface area contributed by atoms with Gasteiger partial charge in [0.25, 0.3) is 0 Å². The number of hydrogen-bond donors (Lipinski definition) is 1. The molecule has 0 saturated heterocycles. The lowest BCUT2D eigenvalue weighted by molar-refractivity contribution is -0.123. The van der Waals surface area contributed by atoms with Crippen LogP contribution in [-0.4, -0.2) is 21.6 Å². The van der Waals surface area contributed by atoms with Gasteiger partial charge >= 0.3 is 0 Å². The number of hydrogen-bond acceptors (Lipinski definition) is 5. The SMILES string of the molecule is CC(C)(C)CC(C)(C)NC(=O)CCc1nc(-c2ccco2)no1. The van der Waals surface area contributed by atoms with Crippen LogP contribution in [0.1, 0.15) is 53.4 Å². The van der Waals surface area contributed by atoms with Crippen LogP contribution in [-0.2, 0) is 11.2 Å². The van der Waals surface area contributed by atoms with E-state index in [1.807, 2.05) is 13.8 Å². The monoisotopic (exact) mass is 319 g/mol. The number of furan rings is 1. The van der Waals surface area contributed by atoms with Crippen LogP contribution in [0.4, 0.5) is 0 Å². The van der Waals surface area contributed by atoms with E-state index in [0.717, 1.165) is 6.42 Å². The first kappa shape index (κ1) is 17.2. The van der Waals surface area contributed by atoms with Gasteiger partial charge in [-0.25, -0.2) is 0 Å². The molecule has 0 spiro atoms. The van der Waals surface area contributed by atoms with Crippen LogP contribution in [0, 0.1) is 5.41 Å². The van der Waals surface area contributed by atoms with Gasteiger partial charge < -0.3 is 14.3 Å². The molecule has 0 atom stereocenters. The minimum absolute atomic E-state index is 0.0167. The van der Waals surface area contributed by atoms with Crippen molar-refractivity contribution in [3.63, 3.8) is 0 Å². The summed E-state index contributed by atoms with van der Waals surface area (Å²) < 4.78 is 10.4. The van der Waals surface area contributed by atoms with Gasteiger partial charge in [-0.2, -0.15) is 4.98 Å². The highest BCUT2D eigenvalue weighted by Crippen LogP contribution is 2.26. The maximum atomic E-state index is 12.1. The summed E-state index contributed by atoms with van der Waals surface area (Å²) in [6.45, 7) is 10.6. The summed E-state index contributed by atoms with van der Waals surface area (Å²) in [6.07, 6.45) is 3.17. The van der Waals surface area contributed by atoms with Gasteiger partial charge in [0.1, 0.15) is 0 Å². The van der Waals surface area contributed by atoms with E-state index in [4.69, 9.17) is 8.94 Å². The number of rotatable bonds is 6. The molecule has 2 aromatic heterocycles. The average Bonchev–Trinajstić information content (AvgIpc) is 3.03. The molecule has 126 valence electrons. The smallest absolute Gasteiger partial charge is 0.238 e. The lowest BCUT2D eigenvalue weighted by atomic mass is 9.82. The molecule has 0 saturated carbocycles. The number of amides is 1. The molecule has 23 heavy (non-hydrogen) atoms. The van der Waals surface area contributed by atoms with Crippen LogP contribution in [0.3, 0.4) is 0 Å². The van der Waals surface area contributed by atoms with Crippen molar-refractivity contribution in [2.24, 2.45) is 5.41 Å². The summed E-state index contributed by atoms with van der Waals surface area (Å²) in [5.41, 5.74) is -0.0925. The molecule has 0 aliphatic heterocycles. The number of aryl methyl sites for hydroxylation is 1. The van der Waals surface area contributed by atoms with Crippen molar-refractivity contribution in [1.29, 1.82) is 0 Å². The minimum atomic E-state index is -0.247. The number of nitrogens with zero attached hydrogens (tertiary/aromatic N) is 2. The molecule has 1 N–H and O–H groups in total. The zero-order chi connectivity index (χ0) is 17.1. The Kier molecular flexibility index (Phi) is 4.92. The fraction of sp³-hybridized carbons (Fsp3) is 0.588. The van der Waals surface area contributed by atoms with Crippen molar-refractivity contribution in [1.82, 2.24) is 15.5 Å². The van der Waals surface area contributed by atoms with Crippen molar-refractivity contribution < 1.29 is 13.7 Å². The topological polar surface area (TPSA) is 81.2 Å². The van der Waals surface area contributed by atoms with Crippen molar-refractivity contribution in [2.45, 2.75) is 59.4 Å². The Bertz CT molecular complexity index is 636. The van der Waals surface area contributed by atoms with Gasteiger partial charge in [0.15, 0.2) is 5.76 Å². The number of aromatic nitrogens is 2. The van der Waals surface area contributed by atoms with Crippen LogP contribution in [0.15, 0.2) is 27.3 Å². The second-order valence-electron chi connectivity index (χ2n) is 7.66. The highest BCUT2D eigenvalue weighted by Gasteiger charge is 2.27. The Balaban J connectivity index is 1.85. The van der Waals surface area contributed by atoms with Gasteiger partial charge in [-0.05, 0) is 37.8 Å². The van der Waals surface area contributed by atoms with Crippen LogP contribution in [0.5, 0.6) is 0 Å². The molecule has 0 unspecified atom stereocenters. The van der Waals surface area contributed by atoms with E-state index >= 15 is 0 Å². The lowest BCUT2D eigenvalue weighted by Crippen LogP contribution is -2.45. The predicted molar refractivity (Wildman–Crippen MR) is 86.6 cm³/mol. The molecular formula is C17H25N3O3. The van der Waals surface area contributed by atoms with Crippen LogP contribution < -0.4 is 5.32 Å². The van der Waals surface area contributed by atoms with Gasteiger partial charge in [-0.1, -0.05) is 25.9 Å². The quantitative estimate of drug-likeness (QED) is 0.880. The van der Waals surface area contributed by atoms with E-state index in [9.17, 15) is 4.79 Å². The standard InChI is InChI=1S/C17H25N3O3/c1-16(2,3)11-17(4,5)19-13(21)8-9-14-18-15(20-23-14)12-7-6-10-22-12/h6-7,10H,8-9,11H2,1-5H3,(H,19,21). The van der Waals surface area contributed by atoms with Crippen molar-refractivity contribution in [2.75, 3.05) is 0 Å². The Hall–Kier alpha value is -2.11. The summed E-state index contributed by atoms with van der Waals surface area (Å²) in [4.78, 5) is 16.4. The summed E-state index contributed by atoms with van der Waals surface area (Å²) in [7, 11) is 0. The lowest BCUT2D eigenvalue weighted by Gasteiger charge is -2.33. The van der Waals surface area contributed by atoms with Crippen LogP contribution >= 0.6 is 0 Å². The molecule has 0 radical (unpaired) electrons. The van der Waals surface area contributed by atoms with Crippen molar-refractivity contribution >= 4 is 5.91 Å². The molecule has 0 aromatic carbocycles. The molecule has 6 heteroatoms. The summed E-state index contributed by atoms with van der Waals surface area (Å²) in [6, 6.07) is 3.52. The predicted octanol–water partition coefficient (Wildman–Crippen LogP) is 3.59. The number of nitrogens with one attached hydrogen (secondary N) is 1. The summed E-state index contributed by atoms with van der Waals surface area (Å²) >= 11 is 0. The number of carbonyl (C=O) groups excluding carboxylic acids is 1. The molecule has 0 aliphatic carbocycles. The van der Waals surface area contributed by atoms with Gasteiger partial charge in [-0.15, -0.1) is 0 Å². The summed E-state index contributed by atoms with van der Waals surface area (Å²) in [5, 5.41) is 6.92. The fourth-order valence-corrected chi connectivity index (χ4v) is 2.89. The van der Waals surface area contributed by atoms with Gasteiger partial charge in [-0.3, -0.25) is 4.79 Å². The van der Waals surface area contributed by atoms with Gasteiger partial charge in [0.05, 0.1) is 6.26 Å². The van der Waals surface area contributed by atoms with E-state index in [2.05, 4.69) is 36.2 Å². The van der Waals surface area contributed by atoms with Crippen LogP contribution in [0.2, 0.25) is 0 Å². The van der Waals surface area contributed by atoms with E-state index in [0.29, 0.717) is 30.3 Å². The Morgan fingerprint density at radius 3 is 2.61 bits per heavy atom. The zero-order valence-electron chi connectivity index (χ0n) is 14.5. The first-order valence-corrected chi connectivity index (χ1v) is 7.82. The molecule has 2 heterocycles. The van der Waals surface area contributed by atoms with Crippen molar-refractivity contribution in [3.05, 3.63) is 24.3 Å². The third kappa shape index (κ3) is 5.54. The first-order chi connectivity index (χ1) is 10.6. The Morgan fingerprint density at radius 2 is 2.00 bits per heavy atom. The Morgan fingerprint density at radius 1 is 1.26 bits per heavy atom. The van der Waals surface area contributed by atoms with Gasteiger partial charge in [0, 0.05) is 18.4 Å². The van der Waals surface area contributed by atoms with E-state index < -0.39 is 0 Å². The van der Waals surface area contributed by atoms with Gasteiger partial charge in [0.2, 0.25) is 17.6 Å². The highest BCUT2D eigenvalue weighted by atomic mass is 16.5. The average molecular weight is 319 g/mol. The Labute approximate surface area is 136 Å². The van der Waals surface area contributed by atoms with E-state index in [1.54, 1.807) is 18.4 Å². The normalized spacial score (nSPS) is 12.4. The molecule has 2 aromatic rings. The minimum Gasteiger partial charge on any atom is -0.461 e. The maximum Gasteiger partial charge on any atom is 0.238 e. The molecule has 6 nitrogen and oxygen atoms in total. The maximum absolute atomic E-state index is 12.1. The largest absolute Gasteiger partial charge is 0.461 e. The second kappa shape index (κ2) is 6.56. The van der Waals surface area contributed by atoms with E-state index in [1.165, 1.54) is 0 Å². The molecule has 1 amide bonds. The molecule has 2 rings (SSSR count). The highest BCUT2D eigenvalue weighted by molar-refractivity contribution is 5.76. The fourth-order valence-electron chi connectivity index (χ4n) is 2.89. The molecule has 0 aliphatic rings. The van der Waals surface area contributed by atoms with E-state index in [-0.39, 0.29) is 16.9 Å². The van der Waals surface area contributed by atoms with Crippen molar-refractivity contribution in [3.8, 4) is 11.6 Å². The molecule has 0 bridgehead atoms. The summed E-state index contributed by atoms with van der Waals surface area (Å²) in [5.74, 6) is 1.37. The van der Waals surface area contributed by atoms with Crippen LogP contribution in [0.25, 0.3) is 11.6 Å². The third-order valence-corrected chi connectivity index (χ3v) is 3.23. The first-order valence-electron chi connectivity index (χ1n) is 7.82. The number of carbonyl (C=O) groups is 1. The third-order valence-electron chi connectivity index (χ3n) is 3.23. The molecule has 0 fully saturated rings. The molecular weight excluding hydrogens is 294 g/mol. The second-order valence-corrected chi connectivity index (χ2v) is 7.66. The zero-order valence-corrected chi connectivity index (χ0v) is 14.5.